The Morgan fingerprint density at radius 2 is 2.15 bits per heavy atom. The van der Waals surface area contributed by atoms with Crippen LogP contribution in [-0.2, 0) is 6.42 Å². The van der Waals surface area contributed by atoms with Crippen LogP contribution >= 0.6 is 11.7 Å². The molecule has 9 heteroatoms. The molecule has 1 aliphatic rings. The summed E-state index contributed by atoms with van der Waals surface area (Å²) in [6.45, 7) is 0.360. The first kappa shape index (κ1) is 17.1. The van der Waals surface area contributed by atoms with Gasteiger partial charge in [0, 0.05) is 18.2 Å². The largest absolute Gasteiger partial charge is 0.487 e. The molecule has 0 fully saturated rings. The van der Waals surface area contributed by atoms with Gasteiger partial charge in [-0.15, -0.1) is 0 Å². The number of rotatable bonds is 5. The molecule has 8 nitrogen and oxygen atoms in total. The third-order valence-electron chi connectivity index (χ3n) is 4.24. The lowest BCUT2D eigenvalue weighted by molar-refractivity contribution is 0.0928. The van der Waals surface area contributed by atoms with Crippen LogP contribution in [0.2, 0.25) is 0 Å². The van der Waals surface area contributed by atoms with Crippen LogP contribution in [0.4, 0.5) is 0 Å². The van der Waals surface area contributed by atoms with Gasteiger partial charge in [-0.3, -0.25) is 14.6 Å². The fourth-order valence-corrected chi connectivity index (χ4v) is 3.33. The van der Waals surface area contributed by atoms with E-state index in [9.17, 15) is 9.59 Å². The van der Waals surface area contributed by atoms with Crippen molar-refractivity contribution in [1.82, 2.24) is 19.0 Å². The Morgan fingerprint density at radius 3 is 2.85 bits per heavy atom. The Labute approximate surface area is 158 Å². The van der Waals surface area contributed by atoms with E-state index in [2.05, 4.69) is 19.0 Å². The SMILES string of the molecule is NC(=O)c1ccc(-c2cccc3c2OC(CNC(=O)c2cnsn2)C3)nc1. The van der Waals surface area contributed by atoms with Gasteiger partial charge in [-0.05, 0) is 23.8 Å². The molecule has 0 bridgehead atoms. The Hall–Kier alpha value is -3.33. The van der Waals surface area contributed by atoms with Gasteiger partial charge in [-0.2, -0.15) is 8.75 Å². The summed E-state index contributed by atoms with van der Waals surface area (Å²) in [5.74, 6) is -0.0478. The third kappa shape index (κ3) is 3.49. The number of hydrogen-bond donors (Lipinski definition) is 2. The minimum Gasteiger partial charge on any atom is -0.487 e. The van der Waals surface area contributed by atoms with Crippen molar-refractivity contribution in [2.24, 2.45) is 5.73 Å². The van der Waals surface area contributed by atoms with Crippen LogP contribution in [0, 0.1) is 0 Å². The molecule has 2 amide bonds. The molecule has 0 saturated carbocycles. The van der Waals surface area contributed by atoms with Crippen molar-refractivity contribution in [2.75, 3.05) is 6.54 Å². The Balaban J connectivity index is 1.48. The molecule has 0 saturated heterocycles. The van der Waals surface area contributed by atoms with Crippen molar-refractivity contribution in [2.45, 2.75) is 12.5 Å². The maximum absolute atomic E-state index is 12.0. The molecule has 0 aliphatic carbocycles. The van der Waals surface area contributed by atoms with E-state index in [1.165, 1.54) is 12.4 Å². The number of aromatic nitrogens is 3. The standard InChI is InChI=1S/C18H15N5O3S/c19-17(24)11-4-5-14(20-7-11)13-3-1-2-10-6-12(26-16(10)13)8-21-18(25)15-9-22-27-23-15/h1-5,7,9,12H,6,8H2,(H2,19,24)(H,21,25). The van der Waals surface area contributed by atoms with Crippen molar-refractivity contribution < 1.29 is 14.3 Å². The average molecular weight is 381 g/mol. The van der Waals surface area contributed by atoms with Gasteiger partial charge in [0.25, 0.3) is 5.91 Å². The van der Waals surface area contributed by atoms with Gasteiger partial charge in [0.1, 0.15) is 11.9 Å². The first-order chi connectivity index (χ1) is 13.1. The molecule has 1 aromatic carbocycles. The number of nitrogens with two attached hydrogens (primary N) is 1. The van der Waals surface area contributed by atoms with Crippen LogP contribution in [0.15, 0.2) is 42.7 Å². The number of fused-ring (bicyclic) bond motifs is 1. The minimum absolute atomic E-state index is 0.179. The number of pyridine rings is 1. The van der Waals surface area contributed by atoms with Crippen LogP contribution in [0.5, 0.6) is 5.75 Å². The summed E-state index contributed by atoms with van der Waals surface area (Å²) >= 11 is 0.990. The van der Waals surface area contributed by atoms with Crippen molar-refractivity contribution in [1.29, 1.82) is 0 Å². The summed E-state index contributed by atoms with van der Waals surface area (Å²) < 4.78 is 13.8. The molecule has 136 valence electrons. The molecule has 0 radical (unpaired) electrons. The average Bonchev–Trinajstić information content (AvgIpc) is 3.35. The molecule has 3 aromatic rings. The van der Waals surface area contributed by atoms with E-state index in [1.807, 2.05) is 18.2 Å². The quantitative estimate of drug-likeness (QED) is 0.690. The summed E-state index contributed by atoms with van der Waals surface area (Å²) in [6, 6.07) is 9.21. The molecule has 1 aliphatic heterocycles. The number of hydrogen-bond acceptors (Lipinski definition) is 7. The van der Waals surface area contributed by atoms with Crippen LogP contribution in [-0.4, -0.2) is 38.2 Å². The van der Waals surface area contributed by atoms with Gasteiger partial charge < -0.3 is 15.8 Å². The normalized spacial score (nSPS) is 15.0. The van der Waals surface area contributed by atoms with Gasteiger partial charge in [-0.25, -0.2) is 0 Å². The zero-order chi connectivity index (χ0) is 18.8. The highest BCUT2D eigenvalue weighted by Crippen LogP contribution is 2.37. The molecule has 3 N–H and O–H groups in total. The number of carbonyl (C=O) groups is 2. The fraction of sp³-hybridized carbons (Fsp3) is 0.167. The molecule has 2 aromatic heterocycles. The molecule has 0 spiro atoms. The lowest BCUT2D eigenvalue weighted by Crippen LogP contribution is -2.34. The van der Waals surface area contributed by atoms with Crippen molar-refractivity contribution in [3.05, 3.63) is 59.5 Å². The molecule has 27 heavy (non-hydrogen) atoms. The maximum atomic E-state index is 12.0. The van der Waals surface area contributed by atoms with Crippen molar-refractivity contribution >= 4 is 23.5 Å². The highest BCUT2D eigenvalue weighted by Gasteiger charge is 2.26. The Morgan fingerprint density at radius 1 is 1.26 bits per heavy atom. The lowest BCUT2D eigenvalue weighted by Gasteiger charge is -2.13. The molecular weight excluding hydrogens is 366 g/mol. The van der Waals surface area contributed by atoms with Crippen LogP contribution in [0.3, 0.4) is 0 Å². The van der Waals surface area contributed by atoms with E-state index in [0.29, 0.717) is 29.9 Å². The number of ether oxygens (including phenoxy) is 1. The summed E-state index contributed by atoms with van der Waals surface area (Å²) in [5.41, 5.74) is 8.48. The van der Waals surface area contributed by atoms with Gasteiger partial charge in [0.15, 0.2) is 5.69 Å². The second kappa shape index (κ2) is 7.12. The third-order valence-corrected chi connectivity index (χ3v) is 4.71. The van der Waals surface area contributed by atoms with Crippen molar-refractivity contribution in [3.63, 3.8) is 0 Å². The maximum Gasteiger partial charge on any atom is 0.272 e. The fourth-order valence-electron chi connectivity index (χ4n) is 2.91. The summed E-state index contributed by atoms with van der Waals surface area (Å²) in [5, 5.41) is 2.81. The number of amides is 2. The van der Waals surface area contributed by atoms with E-state index in [1.54, 1.807) is 12.1 Å². The summed E-state index contributed by atoms with van der Waals surface area (Å²) in [7, 11) is 0. The van der Waals surface area contributed by atoms with Crippen LogP contribution < -0.4 is 15.8 Å². The predicted molar refractivity (Wildman–Crippen MR) is 98.6 cm³/mol. The molecule has 4 rings (SSSR count). The first-order valence-corrected chi connectivity index (χ1v) is 8.95. The summed E-state index contributed by atoms with van der Waals surface area (Å²) in [4.78, 5) is 27.5. The number of nitrogens with zero attached hydrogens (tertiary/aromatic N) is 3. The smallest absolute Gasteiger partial charge is 0.272 e. The predicted octanol–water partition coefficient (Wildman–Crippen LogP) is 1.43. The number of nitrogens with one attached hydrogen (secondary N) is 1. The first-order valence-electron chi connectivity index (χ1n) is 8.22. The Kier molecular flexibility index (Phi) is 4.51. The number of para-hydroxylation sites is 1. The zero-order valence-electron chi connectivity index (χ0n) is 14.1. The van der Waals surface area contributed by atoms with Gasteiger partial charge in [0.05, 0.1) is 35.7 Å². The summed E-state index contributed by atoms with van der Waals surface area (Å²) in [6.07, 6.45) is 3.38. The highest BCUT2D eigenvalue weighted by atomic mass is 32.1. The van der Waals surface area contributed by atoms with E-state index in [4.69, 9.17) is 10.5 Å². The molecule has 1 atom stereocenters. The van der Waals surface area contributed by atoms with Crippen LogP contribution in [0.1, 0.15) is 26.4 Å². The number of carbonyl (C=O) groups excluding carboxylic acids is 2. The lowest BCUT2D eigenvalue weighted by atomic mass is 10.0. The minimum atomic E-state index is -0.519. The zero-order valence-corrected chi connectivity index (χ0v) is 14.9. The highest BCUT2D eigenvalue weighted by molar-refractivity contribution is 6.99. The Bertz CT molecular complexity index is 989. The van der Waals surface area contributed by atoms with Gasteiger partial charge in [-0.1, -0.05) is 12.1 Å². The van der Waals surface area contributed by atoms with Crippen LogP contribution in [0.25, 0.3) is 11.3 Å². The van der Waals surface area contributed by atoms with E-state index < -0.39 is 5.91 Å². The van der Waals surface area contributed by atoms with Gasteiger partial charge >= 0.3 is 0 Å². The molecule has 3 heterocycles. The monoisotopic (exact) mass is 381 g/mol. The van der Waals surface area contributed by atoms with E-state index >= 15 is 0 Å². The van der Waals surface area contributed by atoms with E-state index in [0.717, 1.165) is 28.6 Å². The van der Waals surface area contributed by atoms with Crippen molar-refractivity contribution in [3.8, 4) is 17.0 Å². The molecular formula is C18H15N5O3S. The topological polar surface area (TPSA) is 120 Å². The van der Waals surface area contributed by atoms with E-state index in [-0.39, 0.29) is 12.0 Å². The second-order valence-corrected chi connectivity index (χ2v) is 6.59. The number of primary amides is 1. The molecule has 1 unspecified atom stereocenters. The van der Waals surface area contributed by atoms with Gasteiger partial charge in [0.2, 0.25) is 5.91 Å². The second-order valence-electron chi connectivity index (χ2n) is 6.04. The number of benzene rings is 1.